The number of amides is 1. The van der Waals surface area contributed by atoms with E-state index in [1.165, 1.54) is 5.39 Å². The van der Waals surface area contributed by atoms with Gasteiger partial charge in [0.2, 0.25) is 5.91 Å². The Labute approximate surface area is 117 Å². The standard InChI is InChI=1S/C15H16N4O/c16-19-18-9-3-8-17-15(20)11-12-6-7-13-4-1-2-5-14(13)10-12/h1-2,4-7,10H,3,8-9,11H2,(H,17,20). The summed E-state index contributed by atoms with van der Waals surface area (Å²) in [6.45, 7) is 0.943. The summed E-state index contributed by atoms with van der Waals surface area (Å²) in [6, 6.07) is 14.1. The fraction of sp³-hybridized carbons (Fsp3) is 0.267. The topological polar surface area (TPSA) is 77.9 Å². The van der Waals surface area contributed by atoms with Gasteiger partial charge in [-0.25, -0.2) is 0 Å². The minimum Gasteiger partial charge on any atom is -0.356 e. The molecule has 0 aromatic heterocycles. The van der Waals surface area contributed by atoms with Crippen LogP contribution in [0.15, 0.2) is 47.6 Å². The fourth-order valence-corrected chi connectivity index (χ4v) is 2.02. The van der Waals surface area contributed by atoms with Crippen molar-refractivity contribution in [1.29, 1.82) is 0 Å². The zero-order chi connectivity index (χ0) is 14.2. The summed E-state index contributed by atoms with van der Waals surface area (Å²) >= 11 is 0. The van der Waals surface area contributed by atoms with Crippen molar-refractivity contribution in [3.8, 4) is 0 Å². The van der Waals surface area contributed by atoms with Crippen molar-refractivity contribution in [3.05, 3.63) is 58.5 Å². The molecule has 1 amide bonds. The van der Waals surface area contributed by atoms with Crippen LogP contribution in [0.25, 0.3) is 21.2 Å². The van der Waals surface area contributed by atoms with Crippen LogP contribution in [0.5, 0.6) is 0 Å². The molecule has 0 saturated heterocycles. The zero-order valence-corrected chi connectivity index (χ0v) is 11.1. The molecule has 0 spiro atoms. The van der Waals surface area contributed by atoms with Gasteiger partial charge in [0.25, 0.3) is 0 Å². The van der Waals surface area contributed by atoms with Crippen LogP contribution >= 0.6 is 0 Å². The number of hydrogen-bond donors (Lipinski definition) is 1. The molecule has 102 valence electrons. The molecule has 0 aliphatic rings. The Bertz CT molecular complexity index is 647. The number of hydrogen-bond acceptors (Lipinski definition) is 2. The molecule has 0 atom stereocenters. The Morgan fingerprint density at radius 1 is 1.20 bits per heavy atom. The number of nitrogens with zero attached hydrogens (tertiary/aromatic N) is 3. The van der Waals surface area contributed by atoms with Crippen LogP contribution in [-0.2, 0) is 11.2 Å². The van der Waals surface area contributed by atoms with E-state index < -0.39 is 0 Å². The van der Waals surface area contributed by atoms with Crippen molar-refractivity contribution >= 4 is 16.7 Å². The molecule has 2 aromatic rings. The molecule has 0 radical (unpaired) electrons. The first-order chi connectivity index (χ1) is 9.79. The highest BCUT2D eigenvalue weighted by molar-refractivity contribution is 5.85. The van der Waals surface area contributed by atoms with Crippen molar-refractivity contribution < 1.29 is 4.79 Å². The van der Waals surface area contributed by atoms with E-state index in [9.17, 15) is 4.79 Å². The molecule has 2 aromatic carbocycles. The quantitative estimate of drug-likeness (QED) is 0.371. The number of rotatable bonds is 6. The maximum Gasteiger partial charge on any atom is 0.224 e. The average molecular weight is 268 g/mol. The van der Waals surface area contributed by atoms with Gasteiger partial charge >= 0.3 is 0 Å². The lowest BCUT2D eigenvalue weighted by atomic mass is 10.0. The minimum atomic E-state index is -0.0128. The normalized spacial score (nSPS) is 10.0. The van der Waals surface area contributed by atoms with Crippen molar-refractivity contribution in [1.82, 2.24) is 5.32 Å². The third-order valence-electron chi connectivity index (χ3n) is 3.00. The van der Waals surface area contributed by atoms with Gasteiger partial charge in [0.05, 0.1) is 6.42 Å². The monoisotopic (exact) mass is 268 g/mol. The van der Waals surface area contributed by atoms with Gasteiger partial charge in [-0.2, -0.15) is 0 Å². The molecule has 0 fully saturated rings. The lowest BCUT2D eigenvalue weighted by Crippen LogP contribution is -2.26. The highest BCUT2D eigenvalue weighted by atomic mass is 16.1. The Morgan fingerprint density at radius 2 is 2.00 bits per heavy atom. The number of nitrogens with one attached hydrogen (secondary N) is 1. The van der Waals surface area contributed by atoms with Gasteiger partial charge in [-0.3, -0.25) is 4.79 Å². The van der Waals surface area contributed by atoms with E-state index in [-0.39, 0.29) is 5.91 Å². The maximum absolute atomic E-state index is 11.8. The van der Waals surface area contributed by atoms with E-state index in [0.717, 1.165) is 10.9 Å². The number of carbonyl (C=O) groups is 1. The Balaban J connectivity index is 1.87. The van der Waals surface area contributed by atoms with Gasteiger partial charge < -0.3 is 5.32 Å². The van der Waals surface area contributed by atoms with Crippen molar-refractivity contribution in [3.63, 3.8) is 0 Å². The van der Waals surface area contributed by atoms with Crippen LogP contribution in [-0.4, -0.2) is 19.0 Å². The van der Waals surface area contributed by atoms with Gasteiger partial charge in [-0.15, -0.1) is 0 Å². The third-order valence-corrected chi connectivity index (χ3v) is 3.00. The van der Waals surface area contributed by atoms with Gasteiger partial charge in [0, 0.05) is 18.0 Å². The number of azide groups is 1. The van der Waals surface area contributed by atoms with Crippen LogP contribution in [0.2, 0.25) is 0 Å². The molecular weight excluding hydrogens is 252 g/mol. The Morgan fingerprint density at radius 3 is 2.80 bits per heavy atom. The maximum atomic E-state index is 11.8. The molecular formula is C15H16N4O. The molecule has 5 heteroatoms. The lowest BCUT2D eigenvalue weighted by molar-refractivity contribution is -0.120. The summed E-state index contributed by atoms with van der Waals surface area (Å²) in [6.07, 6.45) is 1.03. The number of carbonyl (C=O) groups excluding carboxylic acids is 1. The Hall–Kier alpha value is -2.52. The predicted molar refractivity (Wildman–Crippen MR) is 79.3 cm³/mol. The highest BCUT2D eigenvalue weighted by Gasteiger charge is 2.03. The van der Waals surface area contributed by atoms with Crippen LogP contribution in [0, 0.1) is 0 Å². The first kappa shape index (κ1) is 13.9. The second kappa shape index (κ2) is 7.16. The molecule has 0 aliphatic carbocycles. The molecule has 20 heavy (non-hydrogen) atoms. The van der Waals surface area contributed by atoms with E-state index in [4.69, 9.17) is 5.53 Å². The largest absolute Gasteiger partial charge is 0.356 e. The molecule has 0 heterocycles. The van der Waals surface area contributed by atoms with Crippen LogP contribution in [0.4, 0.5) is 0 Å². The predicted octanol–water partition coefficient (Wildman–Crippen LogP) is 3.20. The summed E-state index contributed by atoms with van der Waals surface area (Å²) in [4.78, 5) is 14.4. The van der Waals surface area contributed by atoms with Crippen LogP contribution < -0.4 is 5.32 Å². The van der Waals surface area contributed by atoms with Gasteiger partial charge in [-0.1, -0.05) is 47.6 Å². The summed E-state index contributed by atoms with van der Waals surface area (Å²) in [7, 11) is 0. The van der Waals surface area contributed by atoms with E-state index in [2.05, 4.69) is 21.4 Å². The highest BCUT2D eigenvalue weighted by Crippen LogP contribution is 2.15. The summed E-state index contributed by atoms with van der Waals surface area (Å²) in [5.74, 6) is -0.0128. The first-order valence-electron chi connectivity index (χ1n) is 6.55. The van der Waals surface area contributed by atoms with Crippen LogP contribution in [0.3, 0.4) is 0 Å². The minimum absolute atomic E-state index is 0.0128. The van der Waals surface area contributed by atoms with E-state index >= 15 is 0 Å². The SMILES string of the molecule is [N-]=[N+]=NCCCNC(=O)Cc1ccc2ccccc2c1. The number of fused-ring (bicyclic) bond motifs is 1. The zero-order valence-electron chi connectivity index (χ0n) is 11.1. The van der Waals surface area contributed by atoms with Crippen LogP contribution in [0.1, 0.15) is 12.0 Å². The summed E-state index contributed by atoms with van der Waals surface area (Å²) in [5, 5.41) is 8.54. The van der Waals surface area contributed by atoms with Crippen molar-refractivity contribution in [2.45, 2.75) is 12.8 Å². The molecule has 2 rings (SSSR count). The molecule has 0 unspecified atom stereocenters. The molecule has 1 N–H and O–H groups in total. The van der Waals surface area contributed by atoms with Crippen molar-refractivity contribution in [2.75, 3.05) is 13.1 Å². The fourth-order valence-electron chi connectivity index (χ4n) is 2.02. The van der Waals surface area contributed by atoms with E-state index in [1.807, 2.05) is 36.4 Å². The first-order valence-corrected chi connectivity index (χ1v) is 6.55. The van der Waals surface area contributed by atoms with Crippen molar-refractivity contribution in [2.24, 2.45) is 5.11 Å². The van der Waals surface area contributed by atoms with Gasteiger partial charge in [0.1, 0.15) is 0 Å². The molecule has 5 nitrogen and oxygen atoms in total. The third kappa shape index (κ3) is 4.00. The molecule has 0 aliphatic heterocycles. The summed E-state index contributed by atoms with van der Waals surface area (Å²) in [5.41, 5.74) is 9.12. The second-order valence-corrected chi connectivity index (χ2v) is 4.52. The summed E-state index contributed by atoms with van der Waals surface area (Å²) < 4.78 is 0. The average Bonchev–Trinajstić information content (AvgIpc) is 2.47. The Kier molecular flexibility index (Phi) is 4.98. The van der Waals surface area contributed by atoms with Gasteiger partial charge in [-0.05, 0) is 28.3 Å². The molecule has 0 saturated carbocycles. The second-order valence-electron chi connectivity index (χ2n) is 4.52. The van der Waals surface area contributed by atoms with Gasteiger partial charge in [0.15, 0.2) is 0 Å². The smallest absolute Gasteiger partial charge is 0.224 e. The molecule has 0 bridgehead atoms. The van der Waals surface area contributed by atoms with E-state index in [1.54, 1.807) is 0 Å². The van der Waals surface area contributed by atoms with E-state index in [0.29, 0.717) is 25.9 Å². The number of benzene rings is 2. The lowest BCUT2D eigenvalue weighted by Gasteiger charge is -2.05.